The van der Waals surface area contributed by atoms with E-state index in [1.54, 1.807) is 6.92 Å². The van der Waals surface area contributed by atoms with Crippen LogP contribution in [0.3, 0.4) is 0 Å². The highest BCUT2D eigenvalue weighted by molar-refractivity contribution is 7.89. The Morgan fingerprint density at radius 2 is 2.05 bits per heavy atom. The van der Waals surface area contributed by atoms with E-state index in [-0.39, 0.29) is 18.1 Å². The Hall–Kier alpha value is -1.13. The average Bonchev–Trinajstić information content (AvgIpc) is 2.87. The predicted octanol–water partition coefficient (Wildman–Crippen LogP) is 1.29. The van der Waals surface area contributed by atoms with E-state index in [2.05, 4.69) is 5.10 Å². The molecule has 1 aliphatic rings. The molecule has 2 rings (SSSR count). The fraction of sp³-hybridized carbons (Fsp3) is 0.727. The van der Waals surface area contributed by atoms with Crippen molar-refractivity contribution in [3.05, 3.63) is 12.4 Å². The van der Waals surface area contributed by atoms with Crippen molar-refractivity contribution in [1.82, 2.24) is 14.5 Å². The highest BCUT2D eigenvalue weighted by Gasteiger charge is 2.57. The monoisotopic (exact) mass is 327 g/mol. The normalized spacial score (nSPS) is 19.6. The van der Waals surface area contributed by atoms with Crippen molar-refractivity contribution < 1.29 is 26.3 Å². The maximum atomic E-state index is 13.3. The zero-order chi connectivity index (χ0) is 15.7. The first kappa shape index (κ1) is 16.2. The standard InChI is InChI=1S/C11H16F3N3O3S/c1-2-17-8-9(7-15-17)21(18,19)16-10(11(12,13)14)3-5-20-6-4-10/h7-8,16H,2-6H2,1H3. The number of aromatic nitrogens is 2. The summed E-state index contributed by atoms with van der Waals surface area (Å²) in [6.07, 6.45) is -3.35. The molecule has 0 unspecified atom stereocenters. The van der Waals surface area contributed by atoms with Crippen molar-refractivity contribution in [2.45, 2.75) is 42.9 Å². The second-order valence-corrected chi connectivity index (χ2v) is 6.51. The number of nitrogens with one attached hydrogen (secondary N) is 1. The molecule has 2 heterocycles. The molecule has 1 saturated heterocycles. The van der Waals surface area contributed by atoms with Gasteiger partial charge in [0.2, 0.25) is 10.0 Å². The molecule has 0 saturated carbocycles. The van der Waals surface area contributed by atoms with E-state index in [0.717, 1.165) is 6.20 Å². The van der Waals surface area contributed by atoms with Gasteiger partial charge in [0.1, 0.15) is 10.4 Å². The summed E-state index contributed by atoms with van der Waals surface area (Å²) in [7, 11) is -4.30. The Balaban J connectivity index is 2.31. The first-order chi connectivity index (χ1) is 9.70. The molecule has 0 atom stereocenters. The molecule has 1 N–H and O–H groups in total. The summed E-state index contributed by atoms with van der Waals surface area (Å²) in [6, 6.07) is 0. The molecule has 21 heavy (non-hydrogen) atoms. The van der Waals surface area contributed by atoms with Crippen molar-refractivity contribution in [3.63, 3.8) is 0 Å². The van der Waals surface area contributed by atoms with Crippen LogP contribution in [0.2, 0.25) is 0 Å². The van der Waals surface area contributed by atoms with Gasteiger partial charge in [-0.05, 0) is 19.8 Å². The summed E-state index contributed by atoms with van der Waals surface area (Å²) < 4.78 is 72.3. The smallest absolute Gasteiger partial charge is 0.381 e. The number of sulfonamides is 1. The van der Waals surface area contributed by atoms with Gasteiger partial charge in [-0.2, -0.15) is 23.0 Å². The van der Waals surface area contributed by atoms with Crippen molar-refractivity contribution in [1.29, 1.82) is 0 Å². The largest absolute Gasteiger partial charge is 0.407 e. The molecule has 0 aromatic carbocycles. The minimum Gasteiger partial charge on any atom is -0.381 e. The molecule has 1 fully saturated rings. The van der Waals surface area contributed by atoms with Crippen LogP contribution in [0.5, 0.6) is 0 Å². The number of ether oxygens (including phenoxy) is 1. The summed E-state index contributed by atoms with van der Waals surface area (Å²) >= 11 is 0. The van der Waals surface area contributed by atoms with Crippen LogP contribution < -0.4 is 4.72 Å². The lowest BCUT2D eigenvalue weighted by molar-refractivity contribution is -0.210. The number of nitrogens with zero attached hydrogens (tertiary/aromatic N) is 2. The van der Waals surface area contributed by atoms with E-state index in [0.29, 0.717) is 6.54 Å². The third-order valence-corrected chi connectivity index (χ3v) is 4.95. The first-order valence-corrected chi connectivity index (χ1v) is 7.89. The Labute approximate surface area is 120 Å². The first-order valence-electron chi connectivity index (χ1n) is 6.41. The summed E-state index contributed by atoms with van der Waals surface area (Å²) in [5, 5.41) is 3.77. The van der Waals surface area contributed by atoms with Gasteiger partial charge in [-0.3, -0.25) is 4.68 Å². The summed E-state index contributed by atoms with van der Waals surface area (Å²) in [4.78, 5) is -0.278. The second-order valence-electron chi connectivity index (χ2n) is 4.83. The maximum absolute atomic E-state index is 13.3. The predicted molar refractivity (Wildman–Crippen MR) is 67.1 cm³/mol. The summed E-state index contributed by atoms with van der Waals surface area (Å²) in [5.41, 5.74) is -2.49. The van der Waals surface area contributed by atoms with Crippen LogP contribution in [0.15, 0.2) is 17.3 Å². The average molecular weight is 327 g/mol. The molecular formula is C11H16F3N3O3S. The molecule has 1 aliphatic heterocycles. The highest BCUT2D eigenvalue weighted by atomic mass is 32.2. The Morgan fingerprint density at radius 3 is 2.52 bits per heavy atom. The molecule has 0 amide bonds. The molecule has 1 aromatic heterocycles. The zero-order valence-electron chi connectivity index (χ0n) is 11.4. The van der Waals surface area contributed by atoms with Crippen LogP contribution in [0.4, 0.5) is 13.2 Å². The molecule has 10 heteroatoms. The van der Waals surface area contributed by atoms with Gasteiger partial charge < -0.3 is 4.74 Å². The fourth-order valence-corrected chi connectivity index (χ4v) is 3.53. The number of halogens is 3. The van der Waals surface area contributed by atoms with Gasteiger partial charge in [0.25, 0.3) is 0 Å². The molecule has 6 nitrogen and oxygen atoms in total. The lowest BCUT2D eigenvalue weighted by Crippen LogP contribution is -2.61. The molecule has 0 radical (unpaired) electrons. The van der Waals surface area contributed by atoms with Gasteiger partial charge in [-0.15, -0.1) is 0 Å². The van der Waals surface area contributed by atoms with E-state index in [1.807, 2.05) is 4.72 Å². The molecule has 0 spiro atoms. The lowest BCUT2D eigenvalue weighted by atomic mass is 9.91. The third kappa shape index (κ3) is 3.22. The number of alkyl halides is 3. The van der Waals surface area contributed by atoms with Crippen molar-refractivity contribution in [3.8, 4) is 0 Å². The number of aryl methyl sites for hydroxylation is 1. The van der Waals surface area contributed by atoms with Crippen molar-refractivity contribution >= 4 is 10.0 Å². The van der Waals surface area contributed by atoms with E-state index >= 15 is 0 Å². The molecule has 0 aliphatic carbocycles. The Bertz CT molecular complexity index is 591. The maximum Gasteiger partial charge on any atom is 0.407 e. The summed E-state index contributed by atoms with van der Waals surface area (Å²) in [5.74, 6) is 0. The van der Waals surface area contributed by atoms with E-state index in [9.17, 15) is 21.6 Å². The van der Waals surface area contributed by atoms with E-state index < -0.39 is 34.6 Å². The SMILES string of the molecule is CCn1cc(S(=O)(=O)NC2(C(F)(F)F)CCOCC2)cn1. The van der Waals surface area contributed by atoms with Gasteiger partial charge >= 0.3 is 6.18 Å². The van der Waals surface area contributed by atoms with Gasteiger partial charge in [0.15, 0.2) is 0 Å². The van der Waals surface area contributed by atoms with Crippen LogP contribution in [-0.2, 0) is 21.3 Å². The summed E-state index contributed by atoms with van der Waals surface area (Å²) in [6.45, 7) is 1.88. The minimum atomic E-state index is -4.69. The molecular weight excluding hydrogens is 311 g/mol. The third-order valence-electron chi connectivity index (χ3n) is 3.46. The van der Waals surface area contributed by atoms with Gasteiger partial charge in [-0.1, -0.05) is 0 Å². The van der Waals surface area contributed by atoms with Crippen LogP contribution >= 0.6 is 0 Å². The van der Waals surface area contributed by atoms with Crippen LogP contribution in [0, 0.1) is 0 Å². The number of rotatable bonds is 4. The van der Waals surface area contributed by atoms with Gasteiger partial charge in [0, 0.05) is 26.0 Å². The molecule has 1 aromatic rings. The van der Waals surface area contributed by atoms with Crippen molar-refractivity contribution in [2.24, 2.45) is 0 Å². The molecule has 0 bridgehead atoms. The zero-order valence-corrected chi connectivity index (χ0v) is 12.2. The Kier molecular flexibility index (Phi) is 4.31. The van der Waals surface area contributed by atoms with Gasteiger partial charge in [-0.25, -0.2) is 8.42 Å². The van der Waals surface area contributed by atoms with Crippen LogP contribution in [0.1, 0.15) is 19.8 Å². The van der Waals surface area contributed by atoms with E-state index in [4.69, 9.17) is 4.74 Å². The number of hydrogen-bond donors (Lipinski definition) is 1. The quantitative estimate of drug-likeness (QED) is 0.904. The van der Waals surface area contributed by atoms with Crippen LogP contribution in [0.25, 0.3) is 0 Å². The minimum absolute atomic E-state index is 0.143. The Morgan fingerprint density at radius 1 is 1.43 bits per heavy atom. The highest BCUT2D eigenvalue weighted by Crippen LogP contribution is 2.39. The van der Waals surface area contributed by atoms with E-state index in [1.165, 1.54) is 10.9 Å². The van der Waals surface area contributed by atoms with Crippen LogP contribution in [-0.4, -0.2) is 43.1 Å². The lowest BCUT2D eigenvalue weighted by Gasteiger charge is -2.38. The molecule has 120 valence electrons. The van der Waals surface area contributed by atoms with Crippen molar-refractivity contribution in [2.75, 3.05) is 13.2 Å². The number of hydrogen-bond acceptors (Lipinski definition) is 4. The fourth-order valence-electron chi connectivity index (χ4n) is 2.14. The second kappa shape index (κ2) is 5.58. The van der Waals surface area contributed by atoms with Gasteiger partial charge in [0.05, 0.1) is 6.20 Å². The topological polar surface area (TPSA) is 73.2 Å².